The number of hydrogen-bond acceptors (Lipinski definition) is 3. The molecule has 2 rings (SSSR count). The van der Waals surface area contributed by atoms with Crippen LogP contribution in [0.15, 0.2) is 23.2 Å². The Hall–Kier alpha value is -1.63. The molecule has 122 valence electrons. The molecule has 0 radical (unpaired) electrons. The lowest BCUT2D eigenvalue weighted by Crippen LogP contribution is -2.32. The third-order valence-electron chi connectivity index (χ3n) is 3.59. The van der Waals surface area contributed by atoms with Crippen molar-refractivity contribution >= 4 is 5.90 Å². The van der Waals surface area contributed by atoms with Crippen LogP contribution in [0, 0.1) is 5.82 Å². The Morgan fingerprint density at radius 3 is 2.45 bits per heavy atom. The van der Waals surface area contributed by atoms with Crippen LogP contribution in [0.4, 0.5) is 17.6 Å². The molecule has 0 N–H and O–H groups in total. The van der Waals surface area contributed by atoms with Crippen molar-refractivity contribution in [1.29, 1.82) is 0 Å². The van der Waals surface area contributed by atoms with Crippen LogP contribution in [-0.4, -0.2) is 37.0 Å². The van der Waals surface area contributed by atoms with Gasteiger partial charge in [-0.05, 0) is 55.6 Å². The lowest BCUT2D eigenvalue weighted by atomic mass is 10.1. The highest BCUT2D eigenvalue weighted by Crippen LogP contribution is 2.30. The minimum atomic E-state index is -4.69. The molecule has 1 heterocycles. The molecule has 22 heavy (non-hydrogen) atoms. The molecule has 0 saturated carbocycles. The second-order valence-electron chi connectivity index (χ2n) is 5.32. The monoisotopic (exact) mass is 317 g/mol. The van der Waals surface area contributed by atoms with Crippen LogP contribution in [0.2, 0.25) is 0 Å². The Morgan fingerprint density at radius 1 is 1.14 bits per heavy atom. The van der Waals surface area contributed by atoms with Gasteiger partial charge in [0, 0.05) is 6.54 Å². The quantitative estimate of drug-likeness (QED) is 0.486. The normalized spacial score (nSPS) is 17.7. The summed E-state index contributed by atoms with van der Waals surface area (Å²) in [6, 6.07) is 1.78. The molecule has 0 amide bonds. The van der Waals surface area contributed by atoms with Crippen molar-refractivity contribution in [3.05, 3.63) is 35.1 Å². The van der Waals surface area contributed by atoms with Crippen molar-refractivity contribution in [2.24, 2.45) is 4.99 Å². The second kappa shape index (κ2) is 7.09. The number of aliphatic imine (C=N–C) groups is 1. The molecular formula is C15H17F4N2O-. The molecule has 0 aromatic heterocycles. The summed E-state index contributed by atoms with van der Waals surface area (Å²) in [5.74, 6) is -1.91. The van der Waals surface area contributed by atoms with E-state index < -0.39 is 23.5 Å². The molecule has 1 saturated heterocycles. The van der Waals surface area contributed by atoms with Crippen LogP contribution >= 0.6 is 0 Å². The van der Waals surface area contributed by atoms with E-state index in [4.69, 9.17) is 0 Å². The van der Waals surface area contributed by atoms with Gasteiger partial charge in [0.1, 0.15) is 5.82 Å². The molecule has 1 aliphatic heterocycles. The maximum Gasteiger partial charge on any atom is 0.416 e. The fourth-order valence-corrected chi connectivity index (χ4v) is 2.44. The average molecular weight is 317 g/mol. The Balaban J connectivity index is 2.03. The third kappa shape index (κ3) is 4.69. The minimum Gasteiger partial charge on any atom is -0.858 e. The number of likely N-dealkylation sites (tertiary alicyclic amines) is 1. The molecule has 1 fully saturated rings. The zero-order valence-electron chi connectivity index (χ0n) is 12.0. The summed E-state index contributed by atoms with van der Waals surface area (Å²) in [6.07, 6.45) is -1.29. The summed E-state index contributed by atoms with van der Waals surface area (Å²) in [4.78, 5) is 5.90. The van der Waals surface area contributed by atoms with E-state index in [0.717, 1.165) is 32.0 Å². The van der Waals surface area contributed by atoms with Gasteiger partial charge < -0.3 is 10.0 Å². The predicted molar refractivity (Wildman–Crippen MR) is 73.1 cm³/mol. The Kier molecular flexibility index (Phi) is 5.39. The van der Waals surface area contributed by atoms with Crippen molar-refractivity contribution in [3.8, 4) is 0 Å². The third-order valence-corrected chi connectivity index (χ3v) is 3.59. The molecule has 1 aromatic carbocycles. The number of alkyl halides is 3. The van der Waals surface area contributed by atoms with E-state index in [1.807, 2.05) is 0 Å². The van der Waals surface area contributed by atoms with Gasteiger partial charge in [0.15, 0.2) is 0 Å². The van der Waals surface area contributed by atoms with Gasteiger partial charge in [-0.15, -0.1) is 0 Å². The molecule has 0 aliphatic carbocycles. The smallest absolute Gasteiger partial charge is 0.416 e. The summed E-state index contributed by atoms with van der Waals surface area (Å²) in [7, 11) is 0. The van der Waals surface area contributed by atoms with E-state index in [1.165, 1.54) is 6.42 Å². The molecule has 0 atom stereocenters. The van der Waals surface area contributed by atoms with Crippen LogP contribution in [-0.2, 0) is 6.18 Å². The first kappa shape index (κ1) is 16.7. The summed E-state index contributed by atoms with van der Waals surface area (Å²) in [5, 5.41) is 11.8. The minimum absolute atomic E-state index is 0.205. The highest BCUT2D eigenvalue weighted by molar-refractivity contribution is 5.90. The van der Waals surface area contributed by atoms with Gasteiger partial charge in [-0.3, -0.25) is 4.99 Å². The predicted octanol–water partition coefficient (Wildman–Crippen LogP) is 2.44. The van der Waals surface area contributed by atoms with Crippen molar-refractivity contribution in [2.75, 3.05) is 26.2 Å². The van der Waals surface area contributed by atoms with E-state index in [0.29, 0.717) is 18.7 Å². The van der Waals surface area contributed by atoms with Crippen LogP contribution in [0.1, 0.15) is 30.4 Å². The molecule has 0 bridgehead atoms. The van der Waals surface area contributed by atoms with Crippen LogP contribution in [0.25, 0.3) is 0 Å². The summed E-state index contributed by atoms with van der Waals surface area (Å²) in [5.41, 5.74) is -1.55. The largest absolute Gasteiger partial charge is 0.858 e. The molecule has 1 aromatic rings. The molecular weight excluding hydrogens is 300 g/mol. The molecule has 7 heteroatoms. The fraction of sp³-hybridized carbons (Fsp3) is 0.533. The summed E-state index contributed by atoms with van der Waals surface area (Å²) in [6.45, 7) is 2.69. The van der Waals surface area contributed by atoms with E-state index in [9.17, 15) is 22.7 Å². The number of halogens is 4. The molecule has 0 unspecified atom stereocenters. The van der Waals surface area contributed by atoms with Gasteiger partial charge in [-0.2, -0.15) is 13.2 Å². The second-order valence-corrected chi connectivity index (χ2v) is 5.32. The van der Waals surface area contributed by atoms with Crippen molar-refractivity contribution in [2.45, 2.75) is 25.4 Å². The van der Waals surface area contributed by atoms with Gasteiger partial charge in [0.05, 0.1) is 12.1 Å². The standard InChI is InChI=1S/C15H18F4N2O/c16-13-9-11(8-12(10-13)15(17,18)19)14(22)20-4-7-21-5-2-1-3-6-21/h8-10H,1-7H2,(H,20,22)/p-1. The lowest BCUT2D eigenvalue weighted by molar-refractivity contribution is -0.213. The molecule has 0 spiro atoms. The van der Waals surface area contributed by atoms with Crippen LogP contribution in [0.3, 0.4) is 0 Å². The van der Waals surface area contributed by atoms with Crippen molar-refractivity contribution < 1.29 is 22.7 Å². The van der Waals surface area contributed by atoms with Crippen LogP contribution < -0.4 is 5.11 Å². The zero-order valence-corrected chi connectivity index (χ0v) is 12.0. The SMILES string of the molecule is [O-]C(=NCCN1CCCCC1)c1cc(F)cc(C(F)(F)F)c1. The summed E-state index contributed by atoms with van der Waals surface area (Å²) >= 11 is 0. The molecule has 3 nitrogen and oxygen atoms in total. The number of rotatable bonds is 4. The topological polar surface area (TPSA) is 38.7 Å². The van der Waals surface area contributed by atoms with E-state index in [-0.39, 0.29) is 12.1 Å². The zero-order chi connectivity index (χ0) is 16.2. The maximum absolute atomic E-state index is 13.2. The van der Waals surface area contributed by atoms with Crippen molar-refractivity contribution in [1.82, 2.24) is 4.90 Å². The first-order chi connectivity index (χ1) is 10.4. The van der Waals surface area contributed by atoms with Gasteiger partial charge in [-0.1, -0.05) is 6.42 Å². The fourth-order valence-electron chi connectivity index (χ4n) is 2.44. The van der Waals surface area contributed by atoms with Crippen LogP contribution in [0.5, 0.6) is 0 Å². The first-order valence-corrected chi connectivity index (χ1v) is 7.18. The molecule has 1 aliphatic rings. The Morgan fingerprint density at radius 2 is 1.82 bits per heavy atom. The number of benzene rings is 1. The average Bonchev–Trinajstić information content (AvgIpc) is 2.46. The Labute approximate surface area is 126 Å². The Bertz CT molecular complexity index is 537. The highest BCUT2D eigenvalue weighted by Gasteiger charge is 2.31. The first-order valence-electron chi connectivity index (χ1n) is 7.18. The van der Waals surface area contributed by atoms with E-state index in [2.05, 4.69) is 9.89 Å². The van der Waals surface area contributed by atoms with Gasteiger partial charge in [0.25, 0.3) is 0 Å². The van der Waals surface area contributed by atoms with Gasteiger partial charge >= 0.3 is 6.18 Å². The highest BCUT2D eigenvalue weighted by atomic mass is 19.4. The number of piperidine rings is 1. The number of nitrogens with zero attached hydrogens (tertiary/aromatic N) is 2. The lowest BCUT2D eigenvalue weighted by Gasteiger charge is -2.25. The van der Waals surface area contributed by atoms with Crippen molar-refractivity contribution in [3.63, 3.8) is 0 Å². The maximum atomic E-state index is 13.2. The van der Waals surface area contributed by atoms with E-state index in [1.54, 1.807) is 0 Å². The van der Waals surface area contributed by atoms with E-state index >= 15 is 0 Å². The number of hydrogen-bond donors (Lipinski definition) is 0. The summed E-state index contributed by atoms with van der Waals surface area (Å²) < 4.78 is 51.0. The van der Waals surface area contributed by atoms with Gasteiger partial charge in [-0.25, -0.2) is 4.39 Å². The van der Waals surface area contributed by atoms with Gasteiger partial charge in [0.2, 0.25) is 0 Å².